The maximum absolute atomic E-state index is 11.9. The van der Waals surface area contributed by atoms with Crippen molar-refractivity contribution >= 4 is 29.5 Å². The van der Waals surface area contributed by atoms with E-state index in [2.05, 4.69) is 5.32 Å². The molecule has 1 unspecified atom stereocenters. The summed E-state index contributed by atoms with van der Waals surface area (Å²) in [6.45, 7) is 2.52. The number of carboxylic acids is 1. The van der Waals surface area contributed by atoms with Crippen LogP contribution in [0.4, 0.5) is 0 Å². The van der Waals surface area contributed by atoms with Crippen LogP contribution in [0.15, 0.2) is 24.3 Å². The molecule has 0 aromatic rings. The van der Waals surface area contributed by atoms with Gasteiger partial charge in [-0.25, -0.2) is 4.79 Å². The van der Waals surface area contributed by atoms with E-state index in [1.165, 1.54) is 19.9 Å². The summed E-state index contributed by atoms with van der Waals surface area (Å²) in [5, 5.41) is 22.0. The number of Topliss-reactive ketones (excluding diaryl/α,β-unsaturated/α-hetero) is 1. The van der Waals surface area contributed by atoms with Crippen molar-refractivity contribution in [3.05, 3.63) is 24.3 Å². The Bertz CT molecular complexity index is 697. The molecule has 0 spiro atoms. The summed E-state index contributed by atoms with van der Waals surface area (Å²) in [5.74, 6) is -3.84. The molecule has 0 aromatic heterocycles. The lowest BCUT2D eigenvalue weighted by atomic mass is 10.1. The molecule has 10 heteroatoms. The lowest BCUT2D eigenvalue weighted by Crippen LogP contribution is -2.58. The lowest BCUT2D eigenvalue weighted by Gasteiger charge is -2.32. The highest BCUT2D eigenvalue weighted by Crippen LogP contribution is 2.16. The minimum atomic E-state index is -1.49. The number of hydrogen-bond acceptors (Lipinski definition) is 7. The van der Waals surface area contributed by atoms with Crippen LogP contribution in [0.1, 0.15) is 13.8 Å². The van der Waals surface area contributed by atoms with E-state index in [4.69, 9.17) is 0 Å². The average molecular weight is 365 g/mol. The fraction of sp³-hybridized carbons (Fsp3) is 0.438. The molecule has 0 fully saturated rings. The number of aliphatic hydroxyl groups excluding tert-OH is 1. The van der Waals surface area contributed by atoms with E-state index in [0.717, 1.165) is 23.1 Å². The van der Waals surface area contributed by atoms with Gasteiger partial charge in [-0.1, -0.05) is 0 Å². The Kier molecular flexibility index (Phi) is 5.68. The number of imide groups is 1. The molecule has 4 atom stereocenters. The van der Waals surface area contributed by atoms with E-state index in [9.17, 15) is 34.2 Å². The molecule has 2 aliphatic heterocycles. The first kappa shape index (κ1) is 19.5. The van der Waals surface area contributed by atoms with Gasteiger partial charge in [0, 0.05) is 30.8 Å². The van der Waals surface area contributed by atoms with Crippen LogP contribution in [0.3, 0.4) is 0 Å². The number of aliphatic hydroxyl groups is 1. The Morgan fingerprint density at radius 3 is 2.15 bits per heavy atom. The highest BCUT2D eigenvalue weighted by atomic mass is 16.4. The Hall–Kier alpha value is -2.85. The third-order valence-corrected chi connectivity index (χ3v) is 4.24. The quantitative estimate of drug-likeness (QED) is 0.420. The molecule has 0 bridgehead atoms. The van der Waals surface area contributed by atoms with Crippen molar-refractivity contribution in [2.24, 2.45) is 0 Å². The van der Waals surface area contributed by atoms with E-state index >= 15 is 0 Å². The first-order valence-electron chi connectivity index (χ1n) is 7.85. The zero-order valence-electron chi connectivity index (χ0n) is 14.2. The number of rotatable bonds is 8. The van der Waals surface area contributed by atoms with Gasteiger partial charge in [0.1, 0.15) is 12.3 Å². The van der Waals surface area contributed by atoms with Crippen LogP contribution in [0.2, 0.25) is 0 Å². The molecule has 26 heavy (non-hydrogen) atoms. The molecule has 140 valence electrons. The van der Waals surface area contributed by atoms with Crippen LogP contribution in [0.25, 0.3) is 0 Å². The number of carbonyl (C=O) groups is 5. The van der Waals surface area contributed by atoms with Gasteiger partial charge in [0.2, 0.25) is 5.91 Å². The maximum Gasteiger partial charge on any atom is 0.328 e. The number of carboxylic acid groups (broad SMARTS) is 1. The molecule has 2 heterocycles. The van der Waals surface area contributed by atoms with Crippen LogP contribution in [-0.2, 0) is 24.0 Å². The van der Waals surface area contributed by atoms with Gasteiger partial charge in [0.25, 0.3) is 11.8 Å². The number of ketones is 1. The second kappa shape index (κ2) is 7.58. The minimum absolute atomic E-state index is 0.158. The maximum atomic E-state index is 11.9. The highest BCUT2D eigenvalue weighted by Gasteiger charge is 2.40. The van der Waals surface area contributed by atoms with Crippen molar-refractivity contribution < 1.29 is 34.2 Å². The second-order valence-electron chi connectivity index (χ2n) is 6.00. The van der Waals surface area contributed by atoms with Crippen molar-refractivity contribution in [1.29, 1.82) is 0 Å². The zero-order chi connectivity index (χ0) is 19.6. The Morgan fingerprint density at radius 1 is 1.15 bits per heavy atom. The SMILES string of the molecule is CC(=O)[C@H](CN[C@@H](C)[C@@H](C(=O)O)N1C(=O)C=CC1=O)N1C(=O)C=CC1O. The van der Waals surface area contributed by atoms with Crippen molar-refractivity contribution in [3.8, 4) is 0 Å². The topological polar surface area (TPSA) is 144 Å². The van der Waals surface area contributed by atoms with Gasteiger partial charge in [0.15, 0.2) is 11.8 Å². The lowest BCUT2D eigenvalue weighted by molar-refractivity contribution is -0.154. The van der Waals surface area contributed by atoms with Crippen molar-refractivity contribution in [1.82, 2.24) is 15.1 Å². The van der Waals surface area contributed by atoms with Crippen LogP contribution >= 0.6 is 0 Å². The first-order chi connectivity index (χ1) is 12.1. The summed E-state index contributed by atoms with van der Waals surface area (Å²) in [6.07, 6.45) is 3.07. The number of aliphatic carboxylic acids is 1. The van der Waals surface area contributed by atoms with Crippen molar-refractivity contribution in [2.45, 2.75) is 38.2 Å². The molecule has 2 aliphatic rings. The van der Waals surface area contributed by atoms with E-state index in [1.54, 1.807) is 0 Å². The molecule has 3 N–H and O–H groups in total. The summed E-state index contributed by atoms with van der Waals surface area (Å²) >= 11 is 0. The Balaban J connectivity index is 2.11. The fourth-order valence-electron chi connectivity index (χ4n) is 2.90. The van der Waals surface area contributed by atoms with Gasteiger partial charge < -0.3 is 15.5 Å². The van der Waals surface area contributed by atoms with E-state index < -0.39 is 53.8 Å². The number of carbonyl (C=O) groups excluding carboxylic acids is 4. The average Bonchev–Trinajstić information content (AvgIpc) is 3.04. The third kappa shape index (κ3) is 3.70. The first-order valence-corrected chi connectivity index (χ1v) is 7.85. The van der Waals surface area contributed by atoms with Crippen LogP contribution in [-0.4, -0.2) is 80.4 Å². The predicted molar refractivity (Wildman–Crippen MR) is 86.3 cm³/mol. The second-order valence-corrected chi connectivity index (χ2v) is 6.00. The standard InChI is InChI=1S/C16H19N3O7/c1-8(15(16(25)26)19-13(23)5-6-14(19)24)17-7-10(9(2)20)18-11(21)3-4-12(18)22/h3-6,8,10-11,15,17,21H,7H2,1-2H3,(H,25,26)/t8-,10-,11?,15-/m0/s1. The van der Waals surface area contributed by atoms with Gasteiger partial charge in [-0.05, 0) is 19.9 Å². The summed E-state index contributed by atoms with van der Waals surface area (Å²) in [7, 11) is 0. The molecular weight excluding hydrogens is 346 g/mol. The number of hydrogen-bond donors (Lipinski definition) is 3. The molecule has 0 radical (unpaired) electrons. The van der Waals surface area contributed by atoms with Crippen LogP contribution in [0, 0.1) is 0 Å². The zero-order valence-corrected chi connectivity index (χ0v) is 14.2. The monoisotopic (exact) mass is 365 g/mol. The molecule has 0 saturated carbocycles. The smallest absolute Gasteiger partial charge is 0.328 e. The van der Waals surface area contributed by atoms with E-state index in [0.29, 0.717) is 4.90 Å². The van der Waals surface area contributed by atoms with Gasteiger partial charge in [0.05, 0.1) is 0 Å². The van der Waals surface area contributed by atoms with Gasteiger partial charge >= 0.3 is 5.97 Å². The number of nitrogens with zero attached hydrogens (tertiary/aromatic N) is 2. The molecule has 0 aliphatic carbocycles. The molecule has 0 saturated heterocycles. The summed E-state index contributed by atoms with van der Waals surface area (Å²) in [4.78, 5) is 60.3. The summed E-state index contributed by atoms with van der Waals surface area (Å²) < 4.78 is 0. The van der Waals surface area contributed by atoms with Crippen molar-refractivity contribution in [3.63, 3.8) is 0 Å². The Morgan fingerprint density at radius 2 is 1.73 bits per heavy atom. The largest absolute Gasteiger partial charge is 0.480 e. The molecule has 10 nitrogen and oxygen atoms in total. The third-order valence-electron chi connectivity index (χ3n) is 4.24. The van der Waals surface area contributed by atoms with E-state index in [-0.39, 0.29) is 6.54 Å². The normalized spacial score (nSPS) is 22.9. The van der Waals surface area contributed by atoms with Crippen LogP contribution in [0.5, 0.6) is 0 Å². The summed E-state index contributed by atoms with van der Waals surface area (Å²) in [5.41, 5.74) is 0. The van der Waals surface area contributed by atoms with E-state index in [1.807, 2.05) is 0 Å². The van der Waals surface area contributed by atoms with Crippen molar-refractivity contribution in [2.75, 3.05) is 6.54 Å². The summed E-state index contributed by atoms with van der Waals surface area (Å²) in [6, 6.07) is -3.44. The number of nitrogens with one attached hydrogen (secondary N) is 1. The predicted octanol–water partition coefficient (Wildman–Crippen LogP) is -1.98. The minimum Gasteiger partial charge on any atom is -0.480 e. The molecule has 0 aromatic carbocycles. The highest BCUT2D eigenvalue weighted by molar-refractivity contribution is 6.14. The van der Waals surface area contributed by atoms with Gasteiger partial charge in [-0.15, -0.1) is 0 Å². The fourth-order valence-corrected chi connectivity index (χ4v) is 2.90. The van der Waals surface area contributed by atoms with Crippen LogP contribution < -0.4 is 5.32 Å². The molecule has 3 amide bonds. The Labute approximate surface area is 148 Å². The van der Waals surface area contributed by atoms with Gasteiger partial charge in [-0.2, -0.15) is 0 Å². The molecule has 2 rings (SSSR count). The van der Waals surface area contributed by atoms with Gasteiger partial charge in [-0.3, -0.25) is 29.0 Å². The molecular formula is C16H19N3O7. The number of amides is 3.